The third kappa shape index (κ3) is 4.82. The Kier molecular flexibility index (Phi) is 6.48. The summed E-state index contributed by atoms with van der Waals surface area (Å²) in [5.74, 6) is 0.784. The molecule has 1 aromatic rings. The summed E-state index contributed by atoms with van der Waals surface area (Å²) in [4.78, 5) is 15.1. The van der Waals surface area contributed by atoms with Gasteiger partial charge in [0.15, 0.2) is 6.10 Å². The molecule has 140 valence electrons. The number of nitrogens with one attached hydrogen (secondary N) is 1. The van der Waals surface area contributed by atoms with Crippen LogP contribution in [0.4, 0.5) is 0 Å². The van der Waals surface area contributed by atoms with Gasteiger partial charge in [0.05, 0.1) is 6.20 Å². The van der Waals surface area contributed by atoms with Crippen molar-refractivity contribution in [3.8, 4) is 0 Å². The average Bonchev–Trinajstić information content (AvgIpc) is 3.24. The fourth-order valence-electron chi connectivity index (χ4n) is 4.35. The first kappa shape index (κ1) is 18.4. The number of rotatable bonds is 7. The molecule has 2 atom stereocenters. The van der Waals surface area contributed by atoms with Gasteiger partial charge in [0.25, 0.3) is 5.91 Å². The van der Waals surface area contributed by atoms with E-state index in [0.29, 0.717) is 12.6 Å². The van der Waals surface area contributed by atoms with Gasteiger partial charge in [-0.3, -0.25) is 14.4 Å². The minimum atomic E-state index is -0.582. The number of amides is 1. The molecular weight excluding hydrogens is 316 g/mol. The van der Waals surface area contributed by atoms with Crippen molar-refractivity contribution in [2.45, 2.75) is 57.1 Å². The zero-order valence-corrected chi connectivity index (χ0v) is 15.6. The van der Waals surface area contributed by atoms with Gasteiger partial charge in [-0.2, -0.15) is 5.10 Å². The van der Waals surface area contributed by atoms with E-state index in [1.165, 1.54) is 58.0 Å². The van der Waals surface area contributed by atoms with E-state index in [1.54, 1.807) is 18.0 Å². The van der Waals surface area contributed by atoms with E-state index in [4.69, 9.17) is 4.74 Å². The molecule has 6 heteroatoms. The van der Waals surface area contributed by atoms with Crippen molar-refractivity contribution in [3.05, 3.63) is 18.0 Å². The van der Waals surface area contributed by atoms with Crippen LogP contribution >= 0.6 is 0 Å². The number of carbonyl (C=O) groups excluding carboxylic acids is 1. The highest BCUT2D eigenvalue weighted by Gasteiger charge is 2.29. The Morgan fingerprint density at radius 2 is 2.12 bits per heavy atom. The molecule has 1 saturated carbocycles. The molecule has 25 heavy (non-hydrogen) atoms. The minimum absolute atomic E-state index is 0.0694. The van der Waals surface area contributed by atoms with Crippen molar-refractivity contribution in [3.63, 3.8) is 0 Å². The molecule has 0 spiro atoms. The lowest BCUT2D eigenvalue weighted by Gasteiger charge is -2.31. The van der Waals surface area contributed by atoms with Crippen molar-refractivity contribution in [2.24, 2.45) is 13.0 Å². The highest BCUT2D eigenvalue weighted by Crippen LogP contribution is 2.27. The third-order valence-corrected chi connectivity index (χ3v) is 5.73. The molecule has 0 radical (unpaired) electrons. The maximum Gasteiger partial charge on any atom is 0.253 e. The second kappa shape index (κ2) is 8.81. The Bertz CT molecular complexity index is 553. The molecule has 2 fully saturated rings. The highest BCUT2D eigenvalue weighted by molar-refractivity contribution is 5.82. The van der Waals surface area contributed by atoms with Crippen molar-refractivity contribution in [2.75, 3.05) is 26.7 Å². The fraction of sp³-hybridized carbons (Fsp3) is 0.789. The van der Waals surface area contributed by atoms with Crippen molar-refractivity contribution < 1.29 is 9.53 Å². The maximum atomic E-state index is 12.5. The topological polar surface area (TPSA) is 59.4 Å². The van der Waals surface area contributed by atoms with Crippen LogP contribution in [0.15, 0.2) is 12.4 Å². The summed E-state index contributed by atoms with van der Waals surface area (Å²) < 4.78 is 7.09. The number of aryl methyl sites for hydroxylation is 1. The lowest BCUT2D eigenvalue weighted by molar-refractivity contribution is -0.131. The number of hydrogen-bond acceptors (Lipinski definition) is 4. The van der Waals surface area contributed by atoms with Crippen molar-refractivity contribution in [1.82, 2.24) is 20.0 Å². The normalized spacial score (nSPS) is 23.7. The zero-order chi connectivity index (χ0) is 17.6. The molecule has 1 aromatic heterocycles. The van der Waals surface area contributed by atoms with Crippen molar-refractivity contribution in [1.29, 1.82) is 0 Å². The smallest absolute Gasteiger partial charge is 0.253 e. The van der Waals surface area contributed by atoms with Crippen LogP contribution in [0, 0.1) is 5.92 Å². The first-order valence-corrected chi connectivity index (χ1v) is 9.70. The summed E-state index contributed by atoms with van der Waals surface area (Å²) >= 11 is 0. The van der Waals surface area contributed by atoms with Gasteiger partial charge < -0.3 is 10.1 Å². The number of carbonyl (C=O) groups is 1. The van der Waals surface area contributed by atoms with Crippen LogP contribution in [0.25, 0.3) is 0 Å². The standard InChI is InChI=1S/C19H32N4O2/c1-22-14-16(11-21-22)18(25-2)19(24)20-12-17-9-6-10-23(17)13-15-7-4-3-5-8-15/h11,14-15,17-18H,3-10,12-13H2,1-2H3,(H,20,24)/t17-,18-/m1/s1. The zero-order valence-electron chi connectivity index (χ0n) is 15.6. The highest BCUT2D eigenvalue weighted by atomic mass is 16.5. The Hall–Kier alpha value is -1.40. The molecule has 2 aliphatic rings. The number of methoxy groups -OCH3 is 1. The van der Waals surface area contributed by atoms with Gasteiger partial charge in [0, 0.05) is 45.0 Å². The van der Waals surface area contributed by atoms with E-state index < -0.39 is 6.10 Å². The molecule has 6 nitrogen and oxygen atoms in total. The first-order valence-electron chi connectivity index (χ1n) is 9.70. The van der Waals surface area contributed by atoms with Gasteiger partial charge in [-0.1, -0.05) is 19.3 Å². The van der Waals surface area contributed by atoms with E-state index in [-0.39, 0.29) is 5.91 Å². The number of nitrogens with zero attached hydrogens (tertiary/aromatic N) is 3. The first-order chi connectivity index (χ1) is 12.2. The Morgan fingerprint density at radius 3 is 2.80 bits per heavy atom. The fourth-order valence-corrected chi connectivity index (χ4v) is 4.35. The molecule has 0 unspecified atom stereocenters. The van der Waals surface area contributed by atoms with E-state index in [0.717, 1.165) is 11.5 Å². The predicted octanol–water partition coefficient (Wildman–Crippen LogP) is 2.27. The largest absolute Gasteiger partial charge is 0.367 e. The van der Waals surface area contributed by atoms with Gasteiger partial charge in [-0.25, -0.2) is 0 Å². The lowest BCUT2D eigenvalue weighted by Crippen LogP contribution is -2.43. The second-order valence-corrected chi connectivity index (χ2v) is 7.60. The van der Waals surface area contributed by atoms with Crippen LogP contribution in [-0.4, -0.2) is 53.4 Å². The number of likely N-dealkylation sites (tertiary alicyclic amines) is 1. The van der Waals surface area contributed by atoms with E-state index in [2.05, 4.69) is 15.3 Å². The molecular formula is C19H32N4O2. The minimum Gasteiger partial charge on any atom is -0.367 e. The van der Waals surface area contributed by atoms with E-state index in [1.807, 2.05) is 13.2 Å². The van der Waals surface area contributed by atoms with Crippen LogP contribution in [0.5, 0.6) is 0 Å². The number of aromatic nitrogens is 2. The summed E-state index contributed by atoms with van der Waals surface area (Å²) in [5.41, 5.74) is 0.799. The van der Waals surface area contributed by atoms with Crippen molar-refractivity contribution >= 4 is 5.91 Å². The predicted molar refractivity (Wildman–Crippen MR) is 97.1 cm³/mol. The van der Waals surface area contributed by atoms with Crippen LogP contribution in [0.1, 0.15) is 56.6 Å². The molecule has 1 saturated heterocycles. The van der Waals surface area contributed by atoms with Crippen LogP contribution in [0.2, 0.25) is 0 Å². The molecule has 1 N–H and O–H groups in total. The van der Waals surface area contributed by atoms with E-state index in [9.17, 15) is 4.79 Å². The van der Waals surface area contributed by atoms with Crippen LogP contribution < -0.4 is 5.32 Å². The summed E-state index contributed by atoms with van der Waals surface area (Å²) in [6.45, 7) is 3.09. The summed E-state index contributed by atoms with van der Waals surface area (Å²) in [6, 6.07) is 0.470. The van der Waals surface area contributed by atoms with Crippen LogP contribution in [0.3, 0.4) is 0 Å². The Morgan fingerprint density at radius 1 is 1.32 bits per heavy atom. The van der Waals surface area contributed by atoms with Gasteiger partial charge in [-0.15, -0.1) is 0 Å². The molecule has 3 rings (SSSR count). The molecule has 1 aliphatic heterocycles. The van der Waals surface area contributed by atoms with E-state index >= 15 is 0 Å². The summed E-state index contributed by atoms with van der Waals surface area (Å²) in [5, 5.41) is 7.24. The second-order valence-electron chi connectivity index (χ2n) is 7.60. The number of hydrogen-bond donors (Lipinski definition) is 1. The number of ether oxygens (including phenoxy) is 1. The molecule has 1 amide bonds. The molecule has 1 aliphatic carbocycles. The molecule has 0 aromatic carbocycles. The SMILES string of the molecule is CO[C@@H](C(=O)NC[C@H]1CCCN1CC1CCCCC1)c1cnn(C)c1. The average molecular weight is 348 g/mol. The lowest BCUT2D eigenvalue weighted by atomic mass is 9.89. The van der Waals surface area contributed by atoms with Gasteiger partial charge in [0.2, 0.25) is 0 Å². The Labute approximate surface area is 150 Å². The monoisotopic (exact) mass is 348 g/mol. The summed E-state index contributed by atoms with van der Waals surface area (Å²) in [6.07, 6.45) is 12.3. The molecule has 2 heterocycles. The maximum absolute atomic E-state index is 12.5. The Balaban J connectivity index is 1.49. The van der Waals surface area contributed by atoms with Gasteiger partial charge in [0.1, 0.15) is 0 Å². The van der Waals surface area contributed by atoms with Gasteiger partial charge in [-0.05, 0) is 38.1 Å². The molecule has 0 bridgehead atoms. The third-order valence-electron chi connectivity index (χ3n) is 5.73. The van der Waals surface area contributed by atoms with Gasteiger partial charge >= 0.3 is 0 Å². The summed E-state index contributed by atoms with van der Waals surface area (Å²) in [7, 11) is 3.41. The van der Waals surface area contributed by atoms with Crippen LogP contribution in [-0.2, 0) is 16.6 Å². The quantitative estimate of drug-likeness (QED) is 0.821.